The lowest BCUT2D eigenvalue weighted by atomic mass is 9.96. The molecule has 0 radical (unpaired) electrons. The highest BCUT2D eigenvalue weighted by atomic mass is 16.5. The van der Waals surface area contributed by atoms with Crippen LogP contribution in [0.1, 0.15) is 45.3 Å². The number of aromatic nitrogens is 3. The molecule has 7 heteroatoms. The Morgan fingerprint density at radius 1 is 0.938 bits per heavy atom. The molecular weight excluding hydrogens is 404 g/mol. The number of rotatable bonds is 7. The Hall–Kier alpha value is -3.74. The van der Waals surface area contributed by atoms with Crippen LogP contribution in [0.4, 0.5) is 6.01 Å². The summed E-state index contributed by atoms with van der Waals surface area (Å²) in [5.74, 6) is 1.64. The van der Waals surface area contributed by atoms with Crippen molar-refractivity contribution < 1.29 is 13.7 Å². The van der Waals surface area contributed by atoms with Gasteiger partial charge in [0, 0.05) is 29.4 Å². The first kappa shape index (κ1) is 21.5. The van der Waals surface area contributed by atoms with E-state index in [1.54, 1.807) is 0 Å². The number of hydrogen-bond donors (Lipinski definition) is 1. The molecule has 0 saturated carbocycles. The van der Waals surface area contributed by atoms with E-state index in [1.165, 1.54) is 0 Å². The number of oxazole rings is 1. The zero-order valence-electron chi connectivity index (χ0n) is 18.5. The van der Waals surface area contributed by atoms with Gasteiger partial charge in [0.05, 0.1) is 0 Å². The van der Waals surface area contributed by atoms with Crippen LogP contribution in [0.2, 0.25) is 0 Å². The summed E-state index contributed by atoms with van der Waals surface area (Å²) < 4.78 is 11.2. The Kier molecular flexibility index (Phi) is 6.16. The highest BCUT2D eigenvalue weighted by Crippen LogP contribution is 2.34. The molecule has 2 aromatic heterocycles. The van der Waals surface area contributed by atoms with E-state index >= 15 is 0 Å². The first-order valence-electron chi connectivity index (χ1n) is 10.6. The quantitative estimate of drug-likeness (QED) is 0.407. The summed E-state index contributed by atoms with van der Waals surface area (Å²) in [6, 6.07) is 19.7. The number of aryl methyl sites for hydroxylation is 1. The zero-order chi connectivity index (χ0) is 22.6. The van der Waals surface area contributed by atoms with E-state index in [0.29, 0.717) is 36.0 Å². The molecule has 1 amide bonds. The largest absolute Gasteiger partial charge is 0.423 e. The Bertz CT molecular complexity index is 1120. The van der Waals surface area contributed by atoms with Crippen molar-refractivity contribution in [2.24, 2.45) is 0 Å². The molecule has 0 aliphatic heterocycles. The number of nitrogens with one attached hydrogen (secondary N) is 1. The van der Waals surface area contributed by atoms with E-state index in [0.717, 1.165) is 11.1 Å². The summed E-state index contributed by atoms with van der Waals surface area (Å²) in [5.41, 5.74) is 2.33. The van der Waals surface area contributed by atoms with Gasteiger partial charge >= 0.3 is 6.01 Å². The molecule has 0 unspecified atom stereocenters. The molecule has 1 N–H and O–H groups in total. The van der Waals surface area contributed by atoms with Crippen molar-refractivity contribution in [3.8, 4) is 22.6 Å². The van der Waals surface area contributed by atoms with Gasteiger partial charge in [-0.15, -0.1) is 0 Å². The van der Waals surface area contributed by atoms with Gasteiger partial charge in [-0.2, -0.15) is 9.97 Å². The van der Waals surface area contributed by atoms with Crippen LogP contribution >= 0.6 is 0 Å². The summed E-state index contributed by atoms with van der Waals surface area (Å²) in [7, 11) is 0. The summed E-state index contributed by atoms with van der Waals surface area (Å²) in [6.07, 6.45) is 1.40. The van der Waals surface area contributed by atoms with Crippen molar-refractivity contribution in [3.63, 3.8) is 0 Å². The number of carbonyl (C=O) groups excluding carboxylic acids is 1. The summed E-state index contributed by atoms with van der Waals surface area (Å²) in [6.45, 7) is 6.08. The van der Waals surface area contributed by atoms with Crippen molar-refractivity contribution in [1.82, 2.24) is 15.1 Å². The summed E-state index contributed by atoms with van der Waals surface area (Å²) in [4.78, 5) is 21.4. The minimum absolute atomic E-state index is 0.170. The molecule has 0 aliphatic rings. The number of benzene rings is 2. The van der Waals surface area contributed by atoms with Crippen molar-refractivity contribution in [2.75, 3.05) is 5.32 Å². The lowest BCUT2D eigenvalue weighted by Gasteiger charge is -2.10. The van der Waals surface area contributed by atoms with Crippen molar-refractivity contribution in [3.05, 3.63) is 72.4 Å². The van der Waals surface area contributed by atoms with Crippen LogP contribution in [0.25, 0.3) is 22.6 Å². The Morgan fingerprint density at radius 2 is 1.59 bits per heavy atom. The van der Waals surface area contributed by atoms with Gasteiger partial charge < -0.3 is 8.94 Å². The molecule has 4 aromatic rings. The fourth-order valence-corrected chi connectivity index (χ4v) is 3.19. The maximum absolute atomic E-state index is 12.5. The second-order valence-electron chi connectivity index (χ2n) is 8.59. The molecule has 2 aromatic carbocycles. The van der Waals surface area contributed by atoms with E-state index in [1.807, 2.05) is 81.4 Å². The molecule has 0 bridgehead atoms. The van der Waals surface area contributed by atoms with Crippen molar-refractivity contribution >= 4 is 11.9 Å². The van der Waals surface area contributed by atoms with E-state index in [2.05, 4.69) is 20.4 Å². The van der Waals surface area contributed by atoms with E-state index < -0.39 is 0 Å². The third-order valence-electron chi connectivity index (χ3n) is 4.89. The van der Waals surface area contributed by atoms with Crippen LogP contribution in [-0.2, 0) is 16.6 Å². The van der Waals surface area contributed by atoms with Crippen LogP contribution < -0.4 is 5.32 Å². The molecule has 0 atom stereocenters. The Balaban J connectivity index is 1.43. The smallest absolute Gasteiger partial charge is 0.302 e. The molecule has 32 heavy (non-hydrogen) atoms. The van der Waals surface area contributed by atoms with Gasteiger partial charge in [0.2, 0.25) is 11.8 Å². The molecule has 0 saturated heterocycles. The normalized spacial score (nSPS) is 11.5. The van der Waals surface area contributed by atoms with Crippen LogP contribution in [0.15, 0.2) is 69.6 Å². The number of hydrogen-bond acceptors (Lipinski definition) is 6. The predicted molar refractivity (Wildman–Crippen MR) is 122 cm³/mol. The average Bonchev–Trinajstić information content (AvgIpc) is 3.42. The average molecular weight is 431 g/mol. The molecule has 4 rings (SSSR count). The fourth-order valence-electron chi connectivity index (χ4n) is 3.19. The van der Waals surface area contributed by atoms with Gasteiger partial charge in [-0.3, -0.25) is 10.1 Å². The minimum atomic E-state index is -0.180. The lowest BCUT2D eigenvalue weighted by molar-refractivity contribution is -0.116. The highest BCUT2D eigenvalue weighted by Gasteiger charge is 2.21. The second-order valence-corrected chi connectivity index (χ2v) is 8.59. The highest BCUT2D eigenvalue weighted by molar-refractivity contribution is 5.89. The summed E-state index contributed by atoms with van der Waals surface area (Å²) in [5, 5.41) is 6.79. The fraction of sp³-hybridized carbons (Fsp3) is 0.280. The predicted octanol–water partition coefficient (Wildman–Crippen LogP) is 5.65. The van der Waals surface area contributed by atoms with E-state index in [-0.39, 0.29) is 23.8 Å². The first-order chi connectivity index (χ1) is 15.4. The van der Waals surface area contributed by atoms with Crippen LogP contribution in [0.3, 0.4) is 0 Å². The van der Waals surface area contributed by atoms with Gasteiger partial charge in [-0.05, 0) is 6.42 Å². The Morgan fingerprint density at radius 3 is 2.22 bits per heavy atom. The third kappa shape index (κ3) is 5.11. The molecule has 0 spiro atoms. The van der Waals surface area contributed by atoms with Crippen LogP contribution in [-0.4, -0.2) is 21.0 Å². The van der Waals surface area contributed by atoms with Gasteiger partial charge in [-0.1, -0.05) is 86.6 Å². The Labute approximate surface area is 186 Å². The maximum atomic E-state index is 12.5. The zero-order valence-corrected chi connectivity index (χ0v) is 18.5. The minimum Gasteiger partial charge on any atom is -0.423 e. The van der Waals surface area contributed by atoms with E-state index in [9.17, 15) is 4.79 Å². The van der Waals surface area contributed by atoms with Crippen molar-refractivity contribution in [2.45, 2.75) is 45.4 Å². The topological polar surface area (TPSA) is 94.1 Å². The van der Waals surface area contributed by atoms with Gasteiger partial charge in [-0.25, -0.2) is 0 Å². The molecule has 7 nitrogen and oxygen atoms in total. The summed E-state index contributed by atoms with van der Waals surface area (Å²) >= 11 is 0. The lowest BCUT2D eigenvalue weighted by Crippen LogP contribution is -2.13. The molecule has 164 valence electrons. The monoisotopic (exact) mass is 430 g/mol. The number of anilines is 1. The number of carbonyl (C=O) groups is 1. The van der Waals surface area contributed by atoms with Gasteiger partial charge in [0.15, 0.2) is 11.6 Å². The third-order valence-corrected chi connectivity index (χ3v) is 4.89. The number of amides is 1. The van der Waals surface area contributed by atoms with Gasteiger partial charge in [0.25, 0.3) is 0 Å². The second kappa shape index (κ2) is 9.18. The maximum Gasteiger partial charge on any atom is 0.302 e. The van der Waals surface area contributed by atoms with Crippen LogP contribution in [0.5, 0.6) is 0 Å². The first-order valence-corrected chi connectivity index (χ1v) is 10.6. The molecular formula is C25H26N4O3. The molecule has 0 fully saturated rings. The standard InChI is InChI=1S/C25H26N4O3/c1-25(2,3)23-27-20(32-29-23)16-10-15-19(30)26-24-28-21(17-11-6-4-7-12-17)22(31-24)18-13-8-5-9-14-18/h4-9,11-14H,10,15-16H2,1-3H3,(H,26,28,30). The molecule has 2 heterocycles. The van der Waals surface area contributed by atoms with Crippen LogP contribution in [0, 0.1) is 0 Å². The van der Waals surface area contributed by atoms with Crippen molar-refractivity contribution in [1.29, 1.82) is 0 Å². The number of nitrogens with zero attached hydrogens (tertiary/aromatic N) is 3. The van der Waals surface area contributed by atoms with Gasteiger partial charge in [0.1, 0.15) is 5.69 Å². The SMILES string of the molecule is CC(C)(C)c1noc(CCCC(=O)Nc2nc(-c3ccccc3)c(-c3ccccc3)o2)n1. The van der Waals surface area contributed by atoms with E-state index in [4.69, 9.17) is 8.94 Å². The molecule has 0 aliphatic carbocycles.